The molecule has 5 atom stereocenters. The largest absolute Gasteiger partial charge is 0.481 e. The number of likely N-dealkylation sites (N-methyl/N-ethyl adjacent to an activating group) is 1. The highest BCUT2D eigenvalue weighted by atomic mass is 32.2. The number of nitrogens with one attached hydrogen (secondary N) is 7. The number of urea groups is 1. The van der Waals surface area contributed by atoms with Gasteiger partial charge in [0, 0.05) is 91.1 Å². The summed E-state index contributed by atoms with van der Waals surface area (Å²) in [6.07, 6.45) is 10.6. The smallest absolute Gasteiger partial charge is 0.421 e. The molecule has 4 bridgehead atoms. The molecular weight excluding hydrogens is 1610 g/mol. The number of nitrogens with zero attached hydrogens (tertiary/aromatic N) is 12. The summed E-state index contributed by atoms with van der Waals surface area (Å²) in [6, 6.07) is 12.7. The Hall–Kier alpha value is -11.0. The summed E-state index contributed by atoms with van der Waals surface area (Å²) in [5.41, 5.74) is 11.3. The van der Waals surface area contributed by atoms with Crippen LogP contribution in [0, 0.1) is 36.0 Å². The molecule has 2 aromatic carbocycles. The molecule has 0 radical (unpaired) electrons. The van der Waals surface area contributed by atoms with Crippen molar-refractivity contribution in [2.24, 2.45) is 27.9 Å². The van der Waals surface area contributed by atoms with E-state index in [2.05, 4.69) is 74.7 Å². The molecule has 13 rings (SSSR count). The number of carboxylic acid groups (broad SMARTS) is 2. The lowest BCUT2D eigenvalue weighted by Crippen LogP contribution is -2.64. The minimum atomic E-state index is -4.35. The third-order valence-corrected chi connectivity index (χ3v) is 24.7. The predicted molar refractivity (Wildman–Crippen MR) is 443 cm³/mol. The van der Waals surface area contributed by atoms with Crippen molar-refractivity contribution in [3.05, 3.63) is 118 Å². The van der Waals surface area contributed by atoms with Crippen molar-refractivity contribution < 1.29 is 89.9 Å². The Morgan fingerprint density at radius 1 is 0.818 bits per heavy atom. The Kier molecular flexibility index (Phi) is 28.0. The maximum Gasteiger partial charge on any atom is 0.421 e. The first-order chi connectivity index (χ1) is 57.5. The summed E-state index contributed by atoms with van der Waals surface area (Å²) >= 11 is 1.53. The Balaban J connectivity index is 0.732. The zero-order valence-electron chi connectivity index (χ0n) is 69.4. The van der Waals surface area contributed by atoms with Crippen LogP contribution in [0.15, 0.2) is 79.1 Å². The number of imide groups is 1. The molecule has 4 aliphatic carbocycles. The monoisotopic (exact) mass is 1710 g/mol. The van der Waals surface area contributed by atoms with Gasteiger partial charge in [0.25, 0.3) is 11.8 Å². The van der Waals surface area contributed by atoms with Crippen LogP contribution in [0.2, 0.25) is 0 Å². The summed E-state index contributed by atoms with van der Waals surface area (Å²) in [5, 5.41) is 58.4. The number of carbonyl (C=O) groups is 9. The number of quaternary nitrogens is 1. The number of aromatic carboxylic acids is 1. The van der Waals surface area contributed by atoms with Crippen molar-refractivity contribution in [3.8, 4) is 11.1 Å². The van der Waals surface area contributed by atoms with Gasteiger partial charge in [-0.15, -0.1) is 15.3 Å². The Bertz CT molecular complexity index is 5120. The number of hydrogen-bond donors (Lipinski definition) is 10. The molecule has 4 saturated carbocycles. The molecule has 5 aromatic heterocycles. The number of hydrogen-bond acceptors (Lipinski definition) is 26. The molecular formula is C81H107N20O18S2+. The number of para-hydroxylation sites is 1. The van der Waals surface area contributed by atoms with Crippen LogP contribution in [0.5, 0.6) is 0 Å². The molecule has 7 heterocycles. The van der Waals surface area contributed by atoms with Gasteiger partial charge in [0.2, 0.25) is 17.7 Å². The summed E-state index contributed by atoms with van der Waals surface area (Å²) in [4.78, 5) is 128. The first-order valence-corrected chi connectivity index (χ1v) is 42.6. The number of pyridine rings is 1. The van der Waals surface area contributed by atoms with Gasteiger partial charge in [-0.2, -0.15) is 18.2 Å². The quantitative estimate of drug-likeness (QED) is 0.0107. The van der Waals surface area contributed by atoms with Crippen molar-refractivity contribution in [3.63, 3.8) is 0 Å². The topological polar surface area (TPSA) is 491 Å². The van der Waals surface area contributed by atoms with Crippen molar-refractivity contribution >= 4 is 114 Å². The van der Waals surface area contributed by atoms with Crippen LogP contribution in [0.25, 0.3) is 21.3 Å². The van der Waals surface area contributed by atoms with E-state index < -0.39 is 106 Å². The fourth-order valence-electron chi connectivity index (χ4n) is 18.3. The number of carbonyl (C=O) groups excluding carboxylic acids is 7. The number of thiazole rings is 1. The van der Waals surface area contributed by atoms with Crippen LogP contribution in [0.1, 0.15) is 148 Å². The lowest BCUT2D eigenvalue weighted by molar-refractivity contribution is -0.904. The van der Waals surface area contributed by atoms with Crippen molar-refractivity contribution in [2.45, 2.75) is 169 Å². The van der Waals surface area contributed by atoms with E-state index in [4.69, 9.17) is 49.6 Å². The summed E-state index contributed by atoms with van der Waals surface area (Å²) in [5.74, 6) is -4.00. The van der Waals surface area contributed by atoms with E-state index in [1.807, 2.05) is 65.9 Å². The van der Waals surface area contributed by atoms with Gasteiger partial charge in [0.15, 0.2) is 22.5 Å². The number of aromatic nitrogens is 9. The second kappa shape index (κ2) is 38.0. The zero-order chi connectivity index (χ0) is 86.8. The Morgan fingerprint density at radius 2 is 1.58 bits per heavy atom. The zero-order valence-corrected chi connectivity index (χ0v) is 71.0. The van der Waals surface area contributed by atoms with E-state index in [0.717, 1.165) is 101 Å². The summed E-state index contributed by atoms with van der Waals surface area (Å²) in [7, 11) is 1.20. The number of benzene rings is 2. The molecule has 38 nitrogen and oxygen atoms in total. The van der Waals surface area contributed by atoms with Gasteiger partial charge in [-0.1, -0.05) is 62.4 Å². The standard InChI is InChI=1S/C81H106N20O18S2/c1-49(2)68(90-64(102)24-30-116-32-28-98-65(103)22-23-66(98)104)73(108)87-61(16-12-25-83-75(82)111)72(107)86-54-19-18-52(53(34-54)39-117-40-55-37-99(96-92-55)56(35-67(105)106)41-118-77(112)95-121(113,114)85-26-31-115-9)38-101(7,8)29-33-119-81-45-78(5)42-79(6,46-81)44-80(43-78,47-81)48-100-51(4)59(36-84-100)58-20-21-63(89-69(58)74(109)110)97-27-13-14-57-50(3)70(93-94-71(57)97)91-76-88-60-15-10-11-17-62(60)120-76/h10-11,15,17-23,34,36-37,49,56,61,68,85H,12-14,16,24-33,35,38-48H2,1-9H3,(H9-,82,83,86,87,88,90,91,93,95,102,105,106,107,108,109,110,111,112)/p+1/t56-,61-,68-,78?,79?,80?,81?/m0/s1. The van der Waals surface area contributed by atoms with Crippen LogP contribution in [0.4, 0.5) is 37.9 Å². The number of carboxylic acids is 2. The SMILES string of the molecule is COCCNS(=O)(=O)NC(=O)OC[C@H](CC(=O)O)n1cc(COCc2cc(NC(=O)[C@H](CCCNC(N)=O)NC(=O)[C@@H](NC(=O)CCOCCN3C(=O)C=CC3=O)C(C)C)ccc2C[N+](C)(C)CCOC23CC4(C)CC(C)(CC(Cn5ncc(-c6ccc(N7CCCc8c7nnc(Nc7nc9ccccc9s7)c8C)nc6C(=O)O)c5C)(C4)C2)C3)nn1. The molecule has 0 saturated heterocycles. The summed E-state index contributed by atoms with van der Waals surface area (Å²) < 4.78 is 62.4. The first-order valence-electron chi connectivity index (χ1n) is 40.3. The molecule has 40 heteroatoms. The van der Waals surface area contributed by atoms with E-state index in [0.29, 0.717) is 82.2 Å². The number of aliphatic carboxylic acids is 1. The van der Waals surface area contributed by atoms with Gasteiger partial charge in [0.05, 0.1) is 101 Å². The third kappa shape index (κ3) is 22.6. The lowest BCUT2D eigenvalue weighted by atomic mass is 9.39. The number of primary amides is 1. The predicted octanol–water partition coefficient (Wildman–Crippen LogP) is 6.78. The molecule has 11 N–H and O–H groups in total. The van der Waals surface area contributed by atoms with Crippen molar-refractivity contribution in [1.82, 2.24) is 75.2 Å². The molecule has 650 valence electrons. The Morgan fingerprint density at radius 3 is 2.30 bits per heavy atom. The molecule has 4 fully saturated rings. The van der Waals surface area contributed by atoms with E-state index in [1.165, 1.54) is 29.3 Å². The van der Waals surface area contributed by atoms with E-state index in [1.54, 1.807) is 36.9 Å². The number of anilines is 5. The van der Waals surface area contributed by atoms with E-state index in [9.17, 15) is 61.8 Å². The number of ether oxygens (including phenoxy) is 5. The highest BCUT2D eigenvalue weighted by Crippen LogP contribution is 2.72. The number of rotatable bonds is 43. The number of nitrogens with two attached hydrogens (primary N) is 1. The number of amides is 8. The van der Waals surface area contributed by atoms with Crippen molar-refractivity contribution in [1.29, 1.82) is 0 Å². The molecule has 0 spiro atoms. The first kappa shape index (κ1) is 89.3. The molecule has 121 heavy (non-hydrogen) atoms. The van der Waals surface area contributed by atoms with Crippen LogP contribution >= 0.6 is 11.3 Å². The highest BCUT2D eigenvalue weighted by molar-refractivity contribution is 7.88. The maximum atomic E-state index is 14.6. The second-order valence-electron chi connectivity index (χ2n) is 33.9. The number of fused-ring (bicyclic) bond motifs is 2. The molecule has 8 amide bonds. The van der Waals surface area contributed by atoms with Gasteiger partial charge >= 0.3 is 34.3 Å². The van der Waals surface area contributed by atoms with Crippen LogP contribution in [0.3, 0.4) is 0 Å². The summed E-state index contributed by atoms with van der Waals surface area (Å²) in [6.45, 7) is 13.7. The van der Waals surface area contributed by atoms with E-state index >= 15 is 0 Å². The average molecular weight is 1710 g/mol. The Labute approximate surface area is 703 Å². The fraction of sp³-hybridized carbons (Fsp3) is 0.531. The van der Waals surface area contributed by atoms with E-state index in [-0.39, 0.29) is 99.6 Å². The van der Waals surface area contributed by atoms with Crippen LogP contribution in [-0.4, -0.2) is 231 Å². The minimum Gasteiger partial charge on any atom is -0.481 e. The van der Waals surface area contributed by atoms with Crippen molar-refractivity contribution in [2.75, 3.05) is 102 Å². The number of methoxy groups -OCH3 is 1. The van der Waals surface area contributed by atoms with Gasteiger partial charge < -0.3 is 75.6 Å². The molecule has 2 unspecified atom stereocenters. The van der Waals surface area contributed by atoms with Gasteiger partial charge in [0.1, 0.15) is 43.3 Å². The molecule has 2 aliphatic heterocycles. The average Bonchev–Trinajstić information content (AvgIpc) is 0.937. The van der Waals surface area contributed by atoms with Gasteiger partial charge in [-0.25, -0.2) is 33.8 Å². The maximum absolute atomic E-state index is 14.6. The highest BCUT2D eigenvalue weighted by Gasteiger charge is 2.66. The molecule has 7 aromatic rings. The third-order valence-electron chi connectivity index (χ3n) is 22.7. The lowest BCUT2D eigenvalue weighted by Gasteiger charge is -2.69. The van der Waals surface area contributed by atoms with Gasteiger partial charge in [-0.05, 0) is 142 Å². The van der Waals surface area contributed by atoms with Crippen LogP contribution < -0.4 is 46.7 Å². The normalized spacial score (nSPS) is 20.0. The van der Waals surface area contributed by atoms with Crippen LogP contribution in [-0.2, 0) is 95.4 Å². The fourth-order valence-corrected chi connectivity index (χ4v) is 19.9. The minimum absolute atomic E-state index is 0.0113. The second-order valence-corrected chi connectivity index (χ2v) is 36.4. The molecule has 6 aliphatic rings. The van der Waals surface area contributed by atoms with Gasteiger partial charge in [-0.3, -0.25) is 38.3 Å².